The van der Waals surface area contributed by atoms with Crippen molar-refractivity contribution < 1.29 is 4.74 Å². The maximum absolute atomic E-state index is 13.4. The number of rotatable bonds is 6. The fraction of sp³-hybridized carbons (Fsp3) is 0.250. The van der Waals surface area contributed by atoms with E-state index in [4.69, 9.17) is 21.3 Å². The first kappa shape index (κ1) is 25.2. The van der Waals surface area contributed by atoms with Gasteiger partial charge in [-0.1, -0.05) is 55.1 Å². The van der Waals surface area contributed by atoms with Crippen LogP contribution in [-0.2, 0) is 6.61 Å². The Kier molecular flexibility index (Phi) is 7.89. The molecule has 0 amide bonds. The fourth-order valence-electron chi connectivity index (χ4n) is 4.53. The smallest absolute Gasteiger partial charge is 0.282 e. The van der Waals surface area contributed by atoms with Crippen molar-refractivity contribution in [3.8, 4) is 5.75 Å². The number of fused-ring (bicyclic) bond motifs is 1. The number of ether oxygens (including phenoxy) is 1. The van der Waals surface area contributed by atoms with E-state index in [1.165, 1.54) is 11.1 Å². The lowest BCUT2D eigenvalue weighted by Crippen LogP contribution is -2.25. The van der Waals surface area contributed by atoms with E-state index in [9.17, 15) is 4.79 Å². The number of hydrogen-bond acceptors (Lipinski definition) is 4. The number of benzene rings is 3. The molecule has 1 saturated carbocycles. The molecule has 0 N–H and O–H groups in total. The van der Waals surface area contributed by atoms with Gasteiger partial charge >= 0.3 is 0 Å². The minimum absolute atomic E-state index is 0.140. The van der Waals surface area contributed by atoms with E-state index in [0.29, 0.717) is 22.8 Å². The minimum atomic E-state index is -0.140. The first-order valence-corrected chi connectivity index (χ1v) is 13.9. The molecule has 0 atom stereocenters. The van der Waals surface area contributed by atoms with Crippen molar-refractivity contribution in [3.63, 3.8) is 0 Å². The van der Waals surface area contributed by atoms with E-state index in [2.05, 4.69) is 37.0 Å². The lowest BCUT2D eigenvalue weighted by molar-refractivity contribution is 0.302. The third kappa shape index (κ3) is 5.58. The lowest BCUT2D eigenvalue weighted by atomic mass is 9.88. The predicted molar refractivity (Wildman–Crippen MR) is 152 cm³/mol. The molecule has 0 aliphatic heterocycles. The van der Waals surface area contributed by atoms with Crippen LogP contribution in [0.25, 0.3) is 10.9 Å². The van der Waals surface area contributed by atoms with Crippen molar-refractivity contribution in [1.29, 1.82) is 0 Å². The summed E-state index contributed by atoms with van der Waals surface area (Å²) in [7, 11) is 0. The van der Waals surface area contributed by atoms with Crippen LogP contribution in [0.15, 0.2) is 79.5 Å². The molecule has 36 heavy (non-hydrogen) atoms. The topological polar surface area (TPSA) is 56.5 Å². The van der Waals surface area contributed by atoms with Gasteiger partial charge in [0, 0.05) is 10.9 Å². The van der Waals surface area contributed by atoms with Gasteiger partial charge in [-0.25, -0.2) is 4.98 Å². The van der Waals surface area contributed by atoms with E-state index in [1.54, 1.807) is 12.3 Å². The first-order valence-electron chi connectivity index (χ1n) is 11.9. The second kappa shape index (κ2) is 11.3. The van der Waals surface area contributed by atoms with E-state index in [-0.39, 0.29) is 11.5 Å². The second-order valence-electron chi connectivity index (χ2n) is 8.91. The molecule has 5 rings (SSSR count). The summed E-state index contributed by atoms with van der Waals surface area (Å²) in [6, 6.07) is 18.9. The van der Waals surface area contributed by atoms with Gasteiger partial charge < -0.3 is 4.74 Å². The molecule has 184 valence electrons. The molecule has 0 saturated heterocycles. The predicted octanol–water partition coefficient (Wildman–Crippen LogP) is 8.08. The van der Waals surface area contributed by atoms with Gasteiger partial charge in [-0.05, 0) is 92.2 Å². The number of aromatic nitrogens is 2. The Hall–Kier alpha value is -2.48. The highest BCUT2D eigenvalue weighted by Gasteiger charge is 2.22. The van der Waals surface area contributed by atoms with Gasteiger partial charge in [-0.15, -0.1) is 0 Å². The molecule has 0 spiro atoms. The van der Waals surface area contributed by atoms with Gasteiger partial charge in [0.2, 0.25) is 0 Å². The quantitative estimate of drug-likeness (QED) is 0.203. The monoisotopic (exact) mass is 627 g/mol. The largest absolute Gasteiger partial charge is 0.487 e. The van der Waals surface area contributed by atoms with Crippen LogP contribution in [-0.4, -0.2) is 15.9 Å². The Morgan fingerprint density at radius 2 is 1.72 bits per heavy atom. The van der Waals surface area contributed by atoms with Crippen LogP contribution in [0.4, 0.5) is 0 Å². The van der Waals surface area contributed by atoms with Crippen LogP contribution in [0.3, 0.4) is 0 Å². The van der Waals surface area contributed by atoms with Gasteiger partial charge in [0.1, 0.15) is 18.2 Å². The number of para-hydroxylation sites is 1. The summed E-state index contributed by atoms with van der Waals surface area (Å²) in [5.41, 5.74) is 2.42. The van der Waals surface area contributed by atoms with Crippen molar-refractivity contribution in [2.45, 2.75) is 44.6 Å². The molecule has 1 heterocycles. The molecule has 4 aromatic rings. The highest BCUT2D eigenvalue weighted by molar-refractivity contribution is 9.11. The van der Waals surface area contributed by atoms with Gasteiger partial charge in [-0.2, -0.15) is 9.78 Å². The number of nitrogens with zero attached hydrogens (tertiary/aromatic N) is 3. The Morgan fingerprint density at radius 3 is 2.44 bits per heavy atom. The van der Waals surface area contributed by atoms with Gasteiger partial charge in [0.25, 0.3) is 5.56 Å². The zero-order valence-corrected chi connectivity index (χ0v) is 23.4. The van der Waals surface area contributed by atoms with Crippen molar-refractivity contribution in [3.05, 3.63) is 102 Å². The molecule has 1 aliphatic carbocycles. The summed E-state index contributed by atoms with van der Waals surface area (Å²) in [4.78, 5) is 18.3. The molecule has 0 bridgehead atoms. The van der Waals surface area contributed by atoms with Crippen LogP contribution in [0.1, 0.15) is 55.0 Å². The van der Waals surface area contributed by atoms with Crippen molar-refractivity contribution in [2.24, 2.45) is 5.10 Å². The number of hydrogen-bond donors (Lipinski definition) is 0. The summed E-state index contributed by atoms with van der Waals surface area (Å²) >= 11 is 13.2. The maximum atomic E-state index is 13.4. The Balaban J connectivity index is 1.45. The van der Waals surface area contributed by atoms with Crippen molar-refractivity contribution in [2.75, 3.05) is 0 Å². The molecule has 0 unspecified atom stereocenters. The van der Waals surface area contributed by atoms with E-state index in [0.717, 1.165) is 57.1 Å². The van der Waals surface area contributed by atoms with Crippen LogP contribution in [0, 0.1) is 0 Å². The lowest BCUT2D eigenvalue weighted by Gasteiger charge is -2.22. The molecule has 8 heteroatoms. The van der Waals surface area contributed by atoms with E-state index < -0.39 is 0 Å². The van der Waals surface area contributed by atoms with Crippen LogP contribution in [0.2, 0.25) is 5.02 Å². The van der Waals surface area contributed by atoms with Crippen molar-refractivity contribution in [1.82, 2.24) is 9.66 Å². The Bertz CT molecular complexity index is 1460. The molecule has 1 aromatic heterocycles. The number of halogens is 3. The van der Waals surface area contributed by atoms with Crippen LogP contribution < -0.4 is 10.3 Å². The average Bonchev–Trinajstić information content (AvgIpc) is 2.89. The van der Waals surface area contributed by atoms with Crippen LogP contribution in [0.5, 0.6) is 5.75 Å². The summed E-state index contributed by atoms with van der Waals surface area (Å²) < 4.78 is 9.08. The Labute approximate surface area is 231 Å². The van der Waals surface area contributed by atoms with Gasteiger partial charge in [0.05, 0.1) is 26.1 Å². The third-order valence-electron chi connectivity index (χ3n) is 6.39. The van der Waals surface area contributed by atoms with E-state index in [1.807, 2.05) is 54.6 Å². The molecule has 5 nitrogen and oxygen atoms in total. The third-order valence-corrected chi connectivity index (χ3v) is 7.82. The Morgan fingerprint density at radius 1 is 1.03 bits per heavy atom. The fourth-order valence-corrected chi connectivity index (χ4v) is 6.11. The molecular formula is C28H24Br2ClN3O2. The highest BCUT2D eigenvalue weighted by atomic mass is 79.9. The summed E-state index contributed by atoms with van der Waals surface area (Å²) in [5.74, 6) is 1.67. The minimum Gasteiger partial charge on any atom is -0.487 e. The molecule has 0 radical (unpaired) electrons. The molecule has 1 fully saturated rings. The maximum Gasteiger partial charge on any atom is 0.282 e. The molecular weight excluding hydrogens is 606 g/mol. The van der Waals surface area contributed by atoms with Gasteiger partial charge in [0.15, 0.2) is 0 Å². The van der Waals surface area contributed by atoms with Crippen molar-refractivity contribution >= 4 is 60.6 Å². The molecule has 3 aromatic carbocycles. The average molecular weight is 630 g/mol. The highest BCUT2D eigenvalue weighted by Crippen LogP contribution is 2.35. The summed E-state index contributed by atoms with van der Waals surface area (Å²) in [5, 5.41) is 5.90. The summed E-state index contributed by atoms with van der Waals surface area (Å²) in [6.45, 7) is 0.407. The zero-order chi connectivity index (χ0) is 25.1. The molecule has 1 aliphatic rings. The normalized spacial score (nSPS) is 14.5. The summed E-state index contributed by atoms with van der Waals surface area (Å²) in [6.07, 6.45) is 7.27. The van der Waals surface area contributed by atoms with Crippen LogP contribution >= 0.6 is 43.5 Å². The standard InChI is InChI=1S/C28H24Br2ClN3O2/c29-23-14-19(15-24(30)26(23)36-17-18-10-12-21(31)13-11-18)16-32-34-27(20-6-2-1-3-7-20)33-25-9-5-4-8-22(25)28(34)35/h4-5,8-16,20H,1-3,6-7,17H2. The SMILES string of the molecule is O=c1c2ccccc2nc(C2CCCCC2)n1N=Cc1cc(Br)c(OCc2ccc(Cl)cc2)c(Br)c1. The first-order chi connectivity index (χ1) is 17.5. The van der Waals surface area contributed by atoms with E-state index >= 15 is 0 Å². The zero-order valence-electron chi connectivity index (χ0n) is 19.5. The van der Waals surface area contributed by atoms with Gasteiger partial charge in [-0.3, -0.25) is 4.79 Å². The second-order valence-corrected chi connectivity index (χ2v) is 11.1.